The molecule has 0 aliphatic carbocycles. The Labute approximate surface area is 121 Å². The molecule has 3 nitrogen and oxygen atoms in total. The number of halogens is 1. The van der Waals surface area contributed by atoms with E-state index < -0.39 is 0 Å². The van der Waals surface area contributed by atoms with Crippen molar-refractivity contribution in [3.63, 3.8) is 0 Å². The third kappa shape index (κ3) is 3.38. The maximum atomic E-state index is 12.0. The topological polar surface area (TPSA) is 42.2 Å². The Morgan fingerprint density at radius 2 is 2.11 bits per heavy atom. The lowest BCUT2D eigenvalue weighted by atomic mass is 10.1. The molecular weight excluding hydrogens is 306 g/mol. The smallest absolute Gasteiger partial charge is 0.287 e. The largest absolute Gasteiger partial charge is 0.451 e. The first-order valence-corrected chi connectivity index (χ1v) is 7.31. The summed E-state index contributed by atoms with van der Waals surface area (Å²) in [5.74, 6) is 0.668. The minimum Gasteiger partial charge on any atom is -0.451 e. The second kappa shape index (κ2) is 5.78. The molecule has 2 aromatic rings. The molecule has 1 heterocycles. The van der Waals surface area contributed by atoms with Crippen LogP contribution < -0.4 is 5.32 Å². The summed E-state index contributed by atoms with van der Waals surface area (Å²) in [5, 5.41) is 3.84. The van der Waals surface area contributed by atoms with E-state index in [0.717, 1.165) is 16.5 Å². The van der Waals surface area contributed by atoms with Gasteiger partial charge in [-0.25, -0.2) is 0 Å². The van der Waals surface area contributed by atoms with Gasteiger partial charge in [-0.3, -0.25) is 4.79 Å². The van der Waals surface area contributed by atoms with Gasteiger partial charge in [0.2, 0.25) is 0 Å². The molecule has 1 N–H and O–H groups in total. The molecule has 102 valence electrons. The molecule has 0 aliphatic heterocycles. The molecule has 0 radical (unpaired) electrons. The second-order valence-corrected chi connectivity index (χ2v) is 6.30. The summed E-state index contributed by atoms with van der Waals surface area (Å²) in [6.45, 7) is 6.82. The van der Waals surface area contributed by atoms with Crippen LogP contribution >= 0.6 is 15.9 Å². The van der Waals surface area contributed by atoms with Crippen LogP contribution in [0.5, 0.6) is 0 Å². The fraction of sp³-hybridized carbons (Fsp3) is 0.400. The van der Waals surface area contributed by atoms with Crippen LogP contribution in [0.4, 0.5) is 0 Å². The Balaban J connectivity index is 2.09. The van der Waals surface area contributed by atoms with E-state index in [1.807, 2.05) is 25.1 Å². The molecule has 0 aliphatic rings. The molecule has 1 aromatic carbocycles. The molecule has 0 bridgehead atoms. The van der Waals surface area contributed by atoms with E-state index in [1.165, 1.54) is 0 Å². The molecule has 2 rings (SSSR count). The van der Waals surface area contributed by atoms with Gasteiger partial charge >= 0.3 is 0 Å². The fourth-order valence-corrected chi connectivity index (χ4v) is 1.95. The number of rotatable bonds is 4. The van der Waals surface area contributed by atoms with Gasteiger partial charge in [0.15, 0.2) is 5.76 Å². The number of fused-ring (bicyclic) bond motifs is 1. The van der Waals surface area contributed by atoms with Gasteiger partial charge in [-0.15, -0.1) is 0 Å². The minimum absolute atomic E-state index is 0.168. The van der Waals surface area contributed by atoms with E-state index >= 15 is 0 Å². The van der Waals surface area contributed by atoms with Crippen molar-refractivity contribution in [1.29, 1.82) is 0 Å². The second-order valence-electron chi connectivity index (χ2n) is 5.12. The average molecular weight is 324 g/mol. The molecular formula is C15H18BrNO2. The number of carbonyl (C=O) groups excluding carboxylic acids is 1. The first kappa shape index (κ1) is 14.1. The SMILES string of the molecule is Cc1ccc2oc(C(=O)NCC(Br)C(C)C)cc2c1. The molecule has 0 spiro atoms. The normalized spacial score (nSPS) is 12.9. The molecule has 1 unspecified atom stereocenters. The molecule has 4 heteroatoms. The van der Waals surface area contributed by atoms with Crippen molar-refractivity contribution in [2.75, 3.05) is 6.54 Å². The van der Waals surface area contributed by atoms with Crippen molar-refractivity contribution in [2.45, 2.75) is 25.6 Å². The van der Waals surface area contributed by atoms with Crippen LogP contribution in [0.15, 0.2) is 28.7 Å². The molecule has 1 atom stereocenters. The fourth-order valence-electron chi connectivity index (χ4n) is 1.79. The van der Waals surface area contributed by atoms with Gasteiger partial charge in [-0.2, -0.15) is 0 Å². The van der Waals surface area contributed by atoms with Gasteiger partial charge in [0.25, 0.3) is 5.91 Å². The number of aryl methyl sites for hydroxylation is 1. The molecule has 0 fully saturated rings. The summed E-state index contributed by atoms with van der Waals surface area (Å²) in [5.41, 5.74) is 1.90. The Kier molecular flexibility index (Phi) is 4.30. The number of furan rings is 1. The summed E-state index contributed by atoms with van der Waals surface area (Å²) in [6.07, 6.45) is 0. The average Bonchev–Trinajstić information content (AvgIpc) is 2.78. The van der Waals surface area contributed by atoms with Crippen molar-refractivity contribution < 1.29 is 9.21 Å². The Morgan fingerprint density at radius 3 is 2.79 bits per heavy atom. The Bertz CT molecular complexity index is 589. The molecule has 1 amide bonds. The summed E-state index contributed by atoms with van der Waals surface area (Å²) < 4.78 is 5.55. The van der Waals surface area contributed by atoms with Crippen molar-refractivity contribution >= 4 is 32.8 Å². The maximum absolute atomic E-state index is 12.0. The van der Waals surface area contributed by atoms with E-state index in [1.54, 1.807) is 6.07 Å². The third-order valence-electron chi connectivity index (χ3n) is 3.08. The highest BCUT2D eigenvalue weighted by atomic mass is 79.9. The highest BCUT2D eigenvalue weighted by Crippen LogP contribution is 2.20. The zero-order valence-electron chi connectivity index (χ0n) is 11.4. The van der Waals surface area contributed by atoms with Crippen molar-refractivity contribution in [3.05, 3.63) is 35.6 Å². The van der Waals surface area contributed by atoms with Crippen molar-refractivity contribution in [2.24, 2.45) is 5.92 Å². The monoisotopic (exact) mass is 323 g/mol. The van der Waals surface area contributed by atoms with Gasteiger partial charge in [0, 0.05) is 16.8 Å². The zero-order chi connectivity index (χ0) is 14.0. The number of nitrogens with one attached hydrogen (secondary N) is 1. The highest BCUT2D eigenvalue weighted by molar-refractivity contribution is 9.09. The number of carbonyl (C=O) groups is 1. The highest BCUT2D eigenvalue weighted by Gasteiger charge is 2.15. The van der Waals surface area contributed by atoms with Gasteiger partial charge in [-0.05, 0) is 31.0 Å². The molecule has 0 saturated carbocycles. The first-order chi connectivity index (χ1) is 8.97. The minimum atomic E-state index is -0.168. The van der Waals surface area contributed by atoms with Gasteiger partial charge in [0.05, 0.1) is 0 Å². The van der Waals surface area contributed by atoms with E-state index in [0.29, 0.717) is 18.2 Å². The summed E-state index contributed by atoms with van der Waals surface area (Å²) in [6, 6.07) is 7.66. The van der Waals surface area contributed by atoms with E-state index in [4.69, 9.17) is 4.42 Å². The zero-order valence-corrected chi connectivity index (χ0v) is 13.0. The van der Waals surface area contributed by atoms with Crippen LogP contribution in [-0.4, -0.2) is 17.3 Å². The predicted molar refractivity (Wildman–Crippen MR) is 80.8 cm³/mol. The number of amides is 1. The lowest BCUT2D eigenvalue weighted by Gasteiger charge is -2.13. The summed E-state index contributed by atoms with van der Waals surface area (Å²) in [4.78, 5) is 12.3. The number of alkyl halides is 1. The van der Waals surface area contributed by atoms with Crippen molar-refractivity contribution in [3.8, 4) is 0 Å². The summed E-state index contributed by atoms with van der Waals surface area (Å²) in [7, 11) is 0. The van der Waals surface area contributed by atoms with Gasteiger partial charge < -0.3 is 9.73 Å². The van der Waals surface area contributed by atoms with Gasteiger partial charge in [-0.1, -0.05) is 41.4 Å². The van der Waals surface area contributed by atoms with E-state index in [9.17, 15) is 4.79 Å². The quantitative estimate of drug-likeness (QED) is 0.867. The van der Waals surface area contributed by atoms with Crippen LogP contribution in [0.25, 0.3) is 11.0 Å². The molecule has 1 aromatic heterocycles. The summed E-state index contributed by atoms with van der Waals surface area (Å²) >= 11 is 3.54. The number of hydrogen-bond acceptors (Lipinski definition) is 2. The standard InChI is InChI=1S/C15H18BrNO2/c1-9(2)12(16)8-17-15(18)14-7-11-6-10(3)4-5-13(11)19-14/h4-7,9,12H,8H2,1-3H3,(H,17,18). The van der Waals surface area contributed by atoms with Crippen LogP contribution in [0.2, 0.25) is 0 Å². The van der Waals surface area contributed by atoms with E-state index in [-0.39, 0.29) is 10.7 Å². The van der Waals surface area contributed by atoms with Crippen molar-refractivity contribution in [1.82, 2.24) is 5.32 Å². The third-order valence-corrected chi connectivity index (χ3v) is 4.46. The lowest BCUT2D eigenvalue weighted by molar-refractivity contribution is 0.0927. The molecule has 0 saturated heterocycles. The van der Waals surface area contributed by atoms with Crippen LogP contribution in [0, 0.1) is 12.8 Å². The van der Waals surface area contributed by atoms with Crippen LogP contribution in [0.3, 0.4) is 0 Å². The number of hydrogen-bond donors (Lipinski definition) is 1. The maximum Gasteiger partial charge on any atom is 0.287 e. The lowest BCUT2D eigenvalue weighted by Crippen LogP contribution is -2.31. The predicted octanol–water partition coefficient (Wildman–Crippen LogP) is 3.89. The van der Waals surface area contributed by atoms with E-state index in [2.05, 4.69) is 35.1 Å². The first-order valence-electron chi connectivity index (χ1n) is 6.40. The van der Waals surface area contributed by atoms with Crippen LogP contribution in [-0.2, 0) is 0 Å². The van der Waals surface area contributed by atoms with Gasteiger partial charge in [0.1, 0.15) is 5.58 Å². The molecule has 19 heavy (non-hydrogen) atoms. The Morgan fingerprint density at radius 1 is 1.37 bits per heavy atom. The number of benzene rings is 1. The Hall–Kier alpha value is -1.29. The van der Waals surface area contributed by atoms with Crippen LogP contribution in [0.1, 0.15) is 30.0 Å².